The second-order valence-electron chi connectivity index (χ2n) is 5.45. The molecule has 0 aliphatic heterocycles. The minimum atomic E-state index is 0.113. The standard InChI is InChI=1S/C18H24N2O2/c1-4-11-20(12-5-2)17(21)13-16-14(3)19-18(22-16)15-9-7-6-8-10-15/h6-10H,4-5,11-13H2,1-3H3. The van der Waals surface area contributed by atoms with Gasteiger partial charge in [0.25, 0.3) is 0 Å². The molecule has 1 heterocycles. The van der Waals surface area contributed by atoms with Crippen molar-refractivity contribution in [1.82, 2.24) is 9.88 Å². The lowest BCUT2D eigenvalue weighted by molar-refractivity contribution is -0.130. The van der Waals surface area contributed by atoms with Crippen molar-refractivity contribution < 1.29 is 9.21 Å². The first kappa shape index (κ1) is 16.3. The van der Waals surface area contributed by atoms with E-state index in [1.165, 1.54) is 0 Å². The quantitative estimate of drug-likeness (QED) is 0.780. The molecule has 0 radical (unpaired) electrons. The Morgan fingerprint density at radius 1 is 1.14 bits per heavy atom. The van der Waals surface area contributed by atoms with Crippen LogP contribution in [0.3, 0.4) is 0 Å². The average molecular weight is 300 g/mol. The second kappa shape index (κ2) is 7.78. The van der Waals surface area contributed by atoms with Gasteiger partial charge in [-0.3, -0.25) is 4.79 Å². The molecule has 0 aliphatic carbocycles. The number of oxazole rings is 1. The van der Waals surface area contributed by atoms with E-state index in [0.717, 1.165) is 37.2 Å². The molecular weight excluding hydrogens is 276 g/mol. The van der Waals surface area contributed by atoms with Crippen LogP contribution in [0.2, 0.25) is 0 Å². The molecule has 0 bridgehead atoms. The number of carbonyl (C=O) groups is 1. The Morgan fingerprint density at radius 3 is 2.36 bits per heavy atom. The smallest absolute Gasteiger partial charge is 0.230 e. The minimum absolute atomic E-state index is 0.113. The maximum atomic E-state index is 12.4. The fraction of sp³-hybridized carbons (Fsp3) is 0.444. The van der Waals surface area contributed by atoms with Crippen LogP contribution in [-0.2, 0) is 11.2 Å². The van der Waals surface area contributed by atoms with Crippen molar-refractivity contribution >= 4 is 5.91 Å². The summed E-state index contributed by atoms with van der Waals surface area (Å²) >= 11 is 0. The number of aromatic nitrogens is 1. The molecule has 4 nitrogen and oxygen atoms in total. The maximum absolute atomic E-state index is 12.4. The van der Waals surface area contributed by atoms with E-state index in [4.69, 9.17) is 4.42 Å². The van der Waals surface area contributed by atoms with Crippen LogP contribution >= 0.6 is 0 Å². The number of carbonyl (C=O) groups excluding carboxylic acids is 1. The van der Waals surface area contributed by atoms with E-state index in [2.05, 4.69) is 18.8 Å². The summed E-state index contributed by atoms with van der Waals surface area (Å²) in [5, 5.41) is 0. The van der Waals surface area contributed by atoms with Gasteiger partial charge >= 0.3 is 0 Å². The highest BCUT2D eigenvalue weighted by atomic mass is 16.4. The molecule has 0 spiro atoms. The summed E-state index contributed by atoms with van der Waals surface area (Å²) < 4.78 is 5.82. The molecule has 0 saturated carbocycles. The fourth-order valence-electron chi connectivity index (χ4n) is 2.45. The largest absolute Gasteiger partial charge is 0.440 e. The van der Waals surface area contributed by atoms with Gasteiger partial charge in [-0.2, -0.15) is 0 Å². The van der Waals surface area contributed by atoms with E-state index in [-0.39, 0.29) is 12.3 Å². The molecular formula is C18H24N2O2. The SMILES string of the molecule is CCCN(CCC)C(=O)Cc1oc(-c2ccccc2)nc1C. The van der Waals surface area contributed by atoms with Crippen LogP contribution in [-0.4, -0.2) is 28.9 Å². The van der Waals surface area contributed by atoms with Crippen LogP contribution < -0.4 is 0 Å². The van der Waals surface area contributed by atoms with Gasteiger partial charge in [-0.15, -0.1) is 0 Å². The molecule has 0 fully saturated rings. The van der Waals surface area contributed by atoms with E-state index in [1.807, 2.05) is 42.2 Å². The highest BCUT2D eigenvalue weighted by Gasteiger charge is 2.18. The third-order valence-corrected chi connectivity index (χ3v) is 3.56. The summed E-state index contributed by atoms with van der Waals surface area (Å²) in [6, 6.07) is 9.76. The summed E-state index contributed by atoms with van der Waals surface area (Å²) in [6.07, 6.45) is 2.22. The Morgan fingerprint density at radius 2 is 1.77 bits per heavy atom. The average Bonchev–Trinajstić information content (AvgIpc) is 2.89. The van der Waals surface area contributed by atoms with Crippen LogP contribution in [0, 0.1) is 6.92 Å². The number of rotatable bonds is 7. The molecule has 1 amide bonds. The first-order chi connectivity index (χ1) is 10.7. The molecule has 1 aromatic heterocycles. The van der Waals surface area contributed by atoms with Crippen molar-refractivity contribution in [2.24, 2.45) is 0 Å². The molecule has 2 rings (SSSR count). The third kappa shape index (κ3) is 3.97. The van der Waals surface area contributed by atoms with E-state index in [0.29, 0.717) is 11.7 Å². The van der Waals surface area contributed by atoms with Gasteiger partial charge in [-0.25, -0.2) is 4.98 Å². The molecule has 0 N–H and O–H groups in total. The molecule has 0 saturated heterocycles. The van der Waals surface area contributed by atoms with Gasteiger partial charge < -0.3 is 9.32 Å². The molecule has 0 unspecified atom stereocenters. The lowest BCUT2D eigenvalue weighted by Gasteiger charge is -2.20. The fourth-order valence-corrected chi connectivity index (χ4v) is 2.45. The minimum Gasteiger partial charge on any atom is -0.440 e. The van der Waals surface area contributed by atoms with Crippen molar-refractivity contribution in [2.75, 3.05) is 13.1 Å². The third-order valence-electron chi connectivity index (χ3n) is 3.56. The van der Waals surface area contributed by atoms with Crippen LogP contribution in [0.15, 0.2) is 34.7 Å². The molecule has 118 valence electrons. The molecule has 2 aromatic rings. The van der Waals surface area contributed by atoms with E-state index < -0.39 is 0 Å². The van der Waals surface area contributed by atoms with Crippen LogP contribution in [0.1, 0.15) is 38.1 Å². The van der Waals surface area contributed by atoms with Gasteiger partial charge in [-0.1, -0.05) is 32.0 Å². The number of aryl methyl sites for hydroxylation is 1. The molecule has 22 heavy (non-hydrogen) atoms. The highest BCUT2D eigenvalue weighted by Crippen LogP contribution is 2.22. The summed E-state index contributed by atoms with van der Waals surface area (Å²) in [7, 11) is 0. The van der Waals surface area contributed by atoms with Gasteiger partial charge in [-0.05, 0) is 31.9 Å². The van der Waals surface area contributed by atoms with Crippen LogP contribution in [0.25, 0.3) is 11.5 Å². The molecule has 0 aliphatic rings. The number of amides is 1. The summed E-state index contributed by atoms with van der Waals surface area (Å²) in [4.78, 5) is 18.8. The number of hydrogen-bond acceptors (Lipinski definition) is 3. The number of nitrogens with zero attached hydrogens (tertiary/aromatic N) is 2. The van der Waals surface area contributed by atoms with E-state index >= 15 is 0 Å². The van der Waals surface area contributed by atoms with E-state index in [1.54, 1.807) is 0 Å². The van der Waals surface area contributed by atoms with Gasteiger partial charge in [0.2, 0.25) is 11.8 Å². The predicted octanol–water partition coefficient (Wildman–Crippen LogP) is 3.84. The molecule has 4 heteroatoms. The monoisotopic (exact) mass is 300 g/mol. The summed E-state index contributed by atoms with van der Waals surface area (Å²) in [5.74, 6) is 1.36. The zero-order valence-electron chi connectivity index (χ0n) is 13.6. The lowest BCUT2D eigenvalue weighted by Crippen LogP contribution is -2.33. The second-order valence-corrected chi connectivity index (χ2v) is 5.45. The zero-order chi connectivity index (χ0) is 15.9. The Kier molecular flexibility index (Phi) is 5.75. The Hall–Kier alpha value is -2.10. The van der Waals surface area contributed by atoms with Gasteiger partial charge in [0.1, 0.15) is 5.76 Å². The van der Waals surface area contributed by atoms with Gasteiger partial charge in [0.15, 0.2) is 0 Å². The Labute approximate surface area is 132 Å². The highest BCUT2D eigenvalue weighted by molar-refractivity contribution is 5.78. The van der Waals surface area contributed by atoms with Crippen molar-refractivity contribution in [1.29, 1.82) is 0 Å². The Balaban J connectivity index is 2.13. The normalized spacial score (nSPS) is 10.7. The first-order valence-electron chi connectivity index (χ1n) is 7.95. The first-order valence-corrected chi connectivity index (χ1v) is 7.95. The summed E-state index contributed by atoms with van der Waals surface area (Å²) in [5.41, 5.74) is 1.73. The lowest BCUT2D eigenvalue weighted by atomic mass is 10.2. The van der Waals surface area contributed by atoms with Gasteiger partial charge in [0, 0.05) is 18.7 Å². The Bertz CT molecular complexity index is 599. The van der Waals surface area contributed by atoms with Crippen LogP contribution in [0.4, 0.5) is 0 Å². The molecule has 0 atom stereocenters. The maximum Gasteiger partial charge on any atom is 0.230 e. The number of hydrogen-bond donors (Lipinski definition) is 0. The van der Waals surface area contributed by atoms with E-state index in [9.17, 15) is 4.79 Å². The predicted molar refractivity (Wildman–Crippen MR) is 87.5 cm³/mol. The van der Waals surface area contributed by atoms with Gasteiger partial charge in [0.05, 0.1) is 12.1 Å². The van der Waals surface area contributed by atoms with Crippen molar-refractivity contribution in [3.8, 4) is 11.5 Å². The zero-order valence-corrected chi connectivity index (χ0v) is 13.6. The summed E-state index contributed by atoms with van der Waals surface area (Å²) in [6.45, 7) is 7.66. The van der Waals surface area contributed by atoms with Crippen molar-refractivity contribution in [3.63, 3.8) is 0 Å². The van der Waals surface area contributed by atoms with Crippen LogP contribution in [0.5, 0.6) is 0 Å². The van der Waals surface area contributed by atoms with Crippen molar-refractivity contribution in [3.05, 3.63) is 41.8 Å². The molecule has 1 aromatic carbocycles. The number of benzene rings is 1. The topological polar surface area (TPSA) is 46.3 Å². The van der Waals surface area contributed by atoms with Crippen molar-refractivity contribution in [2.45, 2.75) is 40.0 Å².